The Labute approximate surface area is 128 Å². The van der Waals surface area contributed by atoms with Crippen LogP contribution in [0.15, 0.2) is 0 Å². The van der Waals surface area contributed by atoms with Crippen molar-refractivity contribution in [1.29, 1.82) is 0 Å². The van der Waals surface area contributed by atoms with E-state index in [2.05, 4.69) is 27.7 Å². The van der Waals surface area contributed by atoms with Gasteiger partial charge < -0.3 is 14.0 Å². The van der Waals surface area contributed by atoms with Gasteiger partial charge in [-0.25, -0.2) is 0 Å². The van der Waals surface area contributed by atoms with Crippen molar-refractivity contribution in [1.82, 2.24) is 0 Å². The topological polar surface area (TPSA) is 44.8 Å². The summed E-state index contributed by atoms with van der Waals surface area (Å²) in [7, 11) is -0.188. The van der Waals surface area contributed by atoms with Crippen molar-refractivity contribution in [3.63, 3.8) is 0 Å². The Balaban J connectivity index is 1.64. The Hall–Kier alpha value is -0.545. The molecule has 3 saturated carbocycles. The van der Waals surface area contributed by atoms with Crippen LogP contribution in [0.3, 0.4) is 0 Å². The molecule has 0 aromatic carbocycles. The molecule has 0 amide bonds. The standard InChI is InChI=1S/C16H27BO4/c1-12(2,3)19-11(18)15-8-16(9-15,10-15)17-20-13(4,5)14(6,7)21-17/h8-10H2,1-7H3. The Bertz CT molecular complexity index is 453. The van der Waals surface area contributed by atoms with Crippen LogP contribution in [0.4, 0.5) is 0 Å². The van der Waals surface area contributed by atoms with Crippen molar-refractivity contribution < 1.29 is 18.8 Å². The first-order valence-electron chi connectivity index (χ1n) is 7.90. The molecule has 0 unspecified atom stereocenters. The average Bonchev–Trinajstić information content (AvgIpc) is 2.26. The second-order valence-electron chi connectivity index (χ2n) is 9.26. The number of rotatable bonds is 2. The van der Waals surface area contributed by atoms with Gasteiger partial charge in [-0.15, -0.1) is 0 Å². The lowest BCUT2D eigenvalue weighted by Gasteiger charge is -2.69. The smallest absolute Gasteiger partial charge is 0.460 e. The number of hydrogen-bond acceptors (Lipinski definition) is 4. The van der Waals surface area contributed by atoms with Gasteiger partial charge in [0, 0.05) is 5.31 Å². The van der Waals surface area contributed by atoms with Crippen molar-refractivity contribution in [2.24, 2.45) is 5.41 Å². The molecule has 4 rings (SSSR count). The monoisotopic (exact) mass is 294 g/mol. The van der Waals surface area contributed by atoms with E-state index in [1.54, 1.807) is 0 Å². The zero-order chi connectivity index (χ0) is 15.9. The summed E-state index contributed by atoms with van der Waals surface area (Å²) < 4.78 is 17.9. The molecule has 21 heavy (non-hydrogen) atoms. The van der Waals surface area contributed by atoms with Crippen molar-refractivity contribution in [3.8, 4) is 0 Å². The highest BCUT2D eigenvalue weighted by Gasteiger charge is 2.79. The fraction of sp³-hybridized carbons (Fsp3) is 0.938. The lowest BCUT2D eigenvalue weighted by Crippen LogP contribution is -2.67. The summed E-state index contributed by atoms with van der Waals surface area (Å²) in [6.45, 7) is 14.0. The number of hydrogen-bond donors (Lipinski definition) is 0. The molecule has 0 aromatic rings. The van der Waals surface area contributed by atoms with Crippen LogP contribution in [0.1, 0.15) is 67.7 Å². The first-order chi connectivity index (χ1) is 9.31. The molecule has 0 radical (unpaired) electrons. The number of carbonyl (C=O) groups excluding carboxylic acids is 1. The molecule has 1 aliphatic heterocycles. The zero-order valence-electron chi connectivity index (χ0n) is 14.3. The van der Waals surface area contributed by atoms with E-state index in [0.29, 0.717) is 0 Å². The normalized spacial score (nSPS) is 39.5. The number of esters is 1. The summed E-state index contributed by atoms with van der Waals surface area (Å²) in [6, 6.07) is 0. The van der Waals surface area contributed by atoms with Crippen LogP contribution in [-0.2, 0) is 18.8 Å². The van der Waals surface area contributed by atoms with Gasteiger partial charge >= 0.3 is 13.1 Å². The summed E-state index contributed by atoms with van der Waals surface area (Å²) in [5, 5.41) is 0.0297. The molecule has 0 aromatic heterocycles. The van der Waals surface area contributed by atoms with Crippen molar-refractivity contribution in [3.05, 3.63) is 0 Å². The zero-order valence-corrected chi connectivity index (χ0v) is 14.3. The molecular formula is C16H27BO4. The number of ether oxygens (including phenoxy) is 1. The molecule has 4 aliphatic rings. The van der Waals surface area contributed by atoms with Crippen LogP contribution < -0.4 is 0 Å². The molecule has 0 spiro atoms. The Morgan fingerprint density at radius 1 is 1.00 bits per heavy atom. The Kier molecular flexibility index (Phi) is 2.82. The van der Waals surface area contributed by atoms with Gasteiger partial charge in [-0.05, 0) is 67.7 Å². The highest BCUT2D eigenvalue weighted by atomic mass is 16.7. The third-order valence-corrected chi connectivity index (χ3v) is 5.66. The maximum Gasteiger partial charge on any atom is 0.464 e. The minimum Gasteiger partial charge on any atom is -0.460 e. The Morgan fingerprint density at radius 3 is 1.81 bits per heavy atom. The van der Waals surface area contributed by atoms with Crippen LogP contribution in [0.25, 0.3) is 0 Å². The van der Waals surface area contributed by atoms with Crippen molar-refractivity contribution >= 4 is 13.1 Å². The predicted octanol–water partition coefficient (Wildman–Crippen LogP) is 3.34. The molecule has 4 nitrogen and oxygen atoms in total. The van der Waals surface area contributed by atoms with Gasteiger partial charge in [0.2, 0.25) is 0 Å². The van der Waals surface area contributed by atoms with E-state index in [4.69, 9.17) is 14.0 Å². The molecule has 4 fully saturated rings. The van der Waals surface area contributed by atoms with Crippen LogP contribution >= 0.6 is 0 Å². The molecule has 1 heterocycles. The summed E-state index contributed by atoms with van der Waals surface area (Å²) in [5.74, 6) is -0.0478. The van der Waals surface area contributed by atoms with E-state index in [1.165, 1.54) is 0 Å². The largest absolute Gasteiger partial charge is 0.464 e. The molecule has 3 aliphatic carbocycles. The maximum absolute atomic E-state index is 12.3. The Morgan fingerprint density at radius 2 is 1.43 bits per heavy atom. The van der Waals surface area contributed by atoms with Crippen LogP contribution in [0.2, 0.25) is 5.31 Å². The van der Waals surface area contributed by atoms with Gasteiger partial charge in [-0.2, -0.15) is 0 Å². The minimum absolute atomic E-state index is 0.0297. The maximum atomic E-state index is 12.3. The predicted molar refractivity (Wildman–Crippen MR) is 80.9 cm³/mol. The fourth-order valence-electron chi connectivity index (χ4n) is 3.81. The third-order valence-electron chi connectivity index (χ3n) is 5.66. The summed E-state index contributed by atoms with van der Waals surface area (Å²) in [6.07, 6.45) is 2.52. The first-order valence-corrected chi connectivity index (χ1v) is 7.90. The molecule has 1 saturated heterocycles. The summed E-state index contributed by atoms with van der Waals surface area (Å²) in [4.78, 5) is 12.3. The molecule has 0 N–H and O–H groups in total. The quantitative estimate of drug-likeness (QED) is 0.579. The van der Waals surface area contributed by atoms with Crippen LogP contribution in [0, 0.1) is 5.41 Å². The molecule has 0 atom stereocenters. The number of carbonyl (C=O) groups is 1. The van der Waals surface area contributed by atoms with E-state index in [1.807, 2.05) is 20.8 Å². The van der Waals surface area contributed by atoms with Gasteiger partial charge in [-0.1, -0.05) is 0 Å². The SMILES string of the molecule is CC(C)(C)OC(=O)C12CC(B3OC(C)(C)C(C)(C)O3)(C1)C2. The van der Waals surface area contributed by atoms with E-state index >= 15 is 0 Å². The van der Waals surface area contributed by atoms with Crippen LogP contribution in [-0.4, -0.2) is 29.9 Å². The van der Waals surface area contributed by atoms with Gasteiger partial charge in [0.25, 0.3) is 0 Å². The van der Waals surface area contributed by atoms with Crippen molar-refractivity contribution in [2.75, 3.05) is 0 Å². The second kappa shape index (κ2) is 3.86. The van der Waals surface area contributed by atoms with E-state index < -0.39 is 5.60 Å². The van der Waals surface area contributed by atoms with E-state index in [0.717, 1.165) is 19.3 Å². The molecule has 118 valence electrons. The van der Waals surface area contributed by atoms with E-state index in [-0.39, 0.29) is 35.0 Å². The van der Waals surface area contributed by atoms with Gasteiger partial charge in [-0.3, -0.25) is 4.79 Å². The minimum atomic E-state index is -0.413. The lowest BCUT2D eigenvalue weighted by atomic mass is 9.24. The highest BCUT2D eigenvalue weighted by molar-refractivity contribution is 6.51. The van der Waals surface area contributed by atoms with Crippen molar-refractivity contribution in [2.45, 2.75) is 89.8 Å². The summed E-state index contributed by atoms with van der Waals surface area (Å²) in [5.41, 5.74) is -1.28. The first kappa shape index (κ1) is 15.4. The van der Waals surface area contributed by atoms with Crippen LogP contribution in [0.5, 0.6) is 0 Å². The third kappa shape index (κ3) is 2.07. The molecule has 2 bridgehead atoms. The molecule has 5 heteroatoms. The fourth-order valence-corrected chi connectivity index (χ4v) is 3.81. The van der Waals surface area contributed by atoms with E-state index in [9.17, 15) is 4.79 Å². The lowest BCUT2D eigenvalue weighted by molar-refractivity contribution is -0.201. The van der Waals surface area contributed by atoms with Gasteiger partial charge in [0.05, 0.1) is 16.6 Å². The second-order valence-corrected chi connectivity index (χ2v) is 9.26. The van der Waals surface area contributed by atoms with Gasteiger partial charge in [0.1, 0.15) is 5.60 Å². The van der Waals surface area contributed by atoms with Gasteiger partial charge in [0.15, 0.2) is 0 Å². The summed E-state index contributed by atoms with van der Waals surface area (Å²) >= 11 is 0. The molecular weight excluding hydrogens is 267 g/mol. The highest BCUT2D eigenvalue weighted by Crippen LogP contribution is 2.81. The average molecular weight is 294 g/mol.